The fraction of sp³-hybridized carbons (Fsp3) is 0.533. The number of aryl methyl sites for hydroxylation is 1. The molecule has 0 aliphatic carbocycles. The number of likely N-dealkylation sites (tertiary alicyclic amines) is 1. The SMILES string of the molecule is Cc1cc(N(C)C2CCN(Cc3cnsc3)CC2)ncn1. The average molecular weight is 303 g/mol. The molecule has 0 spiro atoms. The summed E-state index contributed by atoms with van der Waals surface area (Å²) in [6.07, 6.45) is 5.99. The Morgan fingerprint density at radius 3 is 2.81 bits per heavy atom. The molecule has 5 nitrogen and oxygen atoms in total. The van der Waals surface area contributed by atoms with Crippen LogP contribution in [0.5, 0.6) is 0 Å². The molecule has 21 heavy (non-hydrogen) atoms. The van der Waals surface area contributed by atoms with Crippen LogP contribution >= 0.6 is 11.5 Å². The molecule has 2 aromatic heterocycles. The van der Waals surface area contributed by atoms with Gasteiger partial charge in [-0.25, -0.2) is 14.3 Å². The molecule has 2 aromatic rings. The van der Waals surface area contributed by atoms with E-state index in [1.807, 2.05) is 13.1 Å². The molecule has 1 aliphatic heterocycles. The maximum absolute atomic E-state index is 4.39. The Labute approximate surface area is 129 Å². The zero-order valence-corrected chi connectivity index (χ0v) is 13.4. The topological polar surface area (TPSA) is 45.2 Å². The molecule has 0 saturated carbocycles. The van der Waals surface area contributed by atoms with Crippen LogP contribution in [0.25, 0.3) is 0 Å². The highest BCUT2D eigenvalue weighted by Gasteiger charge is 2.23. The van der Waals surface area contributed by atoms with Crippen LogP contribution in [0.1, 0.15) is 24.1 Å². The molecule has 0 unspecified atom stereocenters. The first-order valence-electron chi connectivity index (χ1n) is 7.34. The van der Waals surface area contributed by atoms with Crippen molar-refractivity contribution in [2.24, 2.45) is 0 Å². The summed E-state index contributed by atoms with van der Waals surface area (Å²) in [4.78, 5) is 13.4. The van der Waals surface area contributed by atoms with Gasteiger partial charge in [0.15, 0.2) is 0 Å². The number of piperidine rings is 1. The summed E-state index contributed by atoms with van der Waals surface area (Å²) >= 11 is 1.53. The number of nitrogens with zero attached hydrogens (tertiary/aromatic N) is 5. The first-order chi connectivity index (χ1) is 10.2. The Balaban J connectivity index is 1.55. The van der Waals surface area contributed by atoms with E-state index in [2.05, 4.69) is 42.6 Å². The van der Waals surface area contributed by atoms with Crippen molar-refractivity contribution in [2.75, 3.05) is 25.0 Å². The number of anilines is 1. The Morgan fingerprint density at radius 1 is 1.33 bits per heavy atom. The third-order valence-electron chi connectivity index (χ3n) is 4.15. The lowest BCUT2D eigenvalue weighted by atomic mass is 10.0. The van der Waals surface area contributed by atoms with Crippen molar-refractivity contribution in [2.45, 2.75) is 32.4 Å². The van der Waals surface area contributed by atoms with Crippen LogP contribution in [0.2, 0.25) is 0 Å². The molecule has 0 amide bonds. The van der Waals surface area contributed by atoms with Gasteiger partial charge in [-0.3, -0.25) is 4.90 Å². The van der Waals surface area contributed by atoms with E-state index in [0.717, 1.165) is 31.1 Å². The van der Waals surface area contributed by atoms with E-state index in [0.29, 0.717) is 6.04 Å². The molecule has 0 aromatic carbocycles. The summed E-state index contributed by atoms with van der Waals surface area (Å²) < 4.78 is 4.17. The Hall–Kier alpha value is -1.53. The largest absolute Gasteiger partial charge is 0.356 e. The minimum atomic E-state index is 0.566. The lowest BCUT2D eigenvalue weighted by Crippen LogP contribution is -2.43. The van der Waals surface area contributed by atoms with Crippen LogP contribution in [0.15, 0.2) is 24.0 Å². The first kappa shape index (κ1) is 14.4. The second-order valence-electron chi connectivity index (χ2n) is 5.67. The molecular formula is C15H21N5S. The number of rotatable bonds is 4. The van der Waals surface area contributed by atoms with Gasteiger partial charge < -0.3 is 4.90 Å². The lowest BCUT2D eigenvalue weighted by molar-refractivity contribution is 0.203. The third kappa shape index (κ3) is 3.57. The Kier molecular flexibility index (Phi) is 4.45. The molecule has 6 heteroatoms. The van der Waals surface area contributed by atoms with Crippen molar-refractivity contribution in [1.82, 2.24) is 19.2 Å². The normalized spacial score (nSPS) is 17.0. The van der Waals surface area contributed by atoms with Gasteiger partial charge in [0.25, 0.3) is 0 Å². The molecule has 112 valence electrons. The van der Waals surface area contributed by atoms with Gasteiger partial charge in [-0.2, -0.15) is 0 Å². The standard InChI is InChI=1S/C15H21N5S/c1-12-7-15(17-11-16-12)19(2)14-3-5-20(6-4-14)9-13-8-18-21-10-13/h7-8,10-11,14H,3-6,9H2,1-2H3. The molecule has 0 radical (unpaired) electrons. The summed E-state index contributed by atoms with van der Waals surface area (Å²) in [6.45, 7) is 5.31. The first-order valence-corrected chi connectivity index (χ1v) is 8.18. The van der Waals surface area contributed by atoms with Crippen molar-refractivity contribution < 1.29 is 0 Å². The van der Waals surface area contributed by atoms with E-state index in [4.69, 9.17) is 0 Å². The zero-order chi connectivity index (χ0) is 14.7. The molecule has 3 rings (SSSR count). The van der Waals surface area contributed by atoms with Crippen LogP contribution in [0, 0.1) is 6.92 Å². The lowest BCUT2D eigenvalue weighted by Gasteiger charge is -2.37. The van der Waals surface area contributed by atoms with Gasteiger partial charge in [0, 0.05) is 56.1 Å². The van der Waals surface area contributed by atoms with Crippen LogP contribution in [0.3, 0.4) is 0 Å². The molecule has 3 heterocycles. The molecule has 0 bridgehead atoms. The van der Waals surface area contributed by atoms with Crippen LogP contribution in [0.4, 0.5) is 5.82 Å². The summed E-state index contributed by atoms with van der Waals surface area (Å²) in [5.41, 5.74) is 2.35. The van der Waals surface area contributed by atoms with Crippen molar-refractivity contribution in [1.29, 1.82) is 0 Å². The number of hydrogen-bond acceptors (Lipinski definition) is 6. The van der Waals surface area contributed by atoms with Crippen LogP contribution in [-0.2, 0) is 6.54 Å². The van der Waals surface area contributed by atoms with Gasteiger partial charge in [-0.15, -0.1) is 0 Å². The molecule has 0 atom stereocenters. The maximum atomic E-state index is 4.39. The van der Waals surface area contributed by atoms with E-state index >= 15 is 0 Å². The predicted molar refractivity (Wildman–Crippen MR) is 85.6 cm³/mol. The van der Waals surface area contributed by atoms with E-state index in [1.54, 1.807) is 6.33 Å². The van der Waals surface area contributed by atoms with E-state index in [1.165, 1.54) is 29.9 Å². The quantitative estimate of drug-likeness (QED) is 0.867. The highest BCUT2D eigenvalue weighted by atomic mass is 32.1. The van der Waals surface area contributed by atoms with Gasteiger partial charge in [0.2, 0.25) is 0 Å². The van der Waals surface area contributed by atoms with Gasteiger partial charge >= 0.3 is 0 Å². The number of aromatic nitrogens is 3. The monoisotopic (exact) mass is 303 g/mol. The smallest absolute Gasteiger partial charge is 0.132 e. The second-order valence-corrected chi connectivity index (χ2v) is 6.33. The highest BCUT2D eigenvalue weighted by Crippen LogP contribution is 2.21. The van der Waals surface area contributed by atoms with Crippen molar-refractivity contribution >= 4 is 17.4 Å². The molecule has 1 aliphatic rings. The second kappa shape index (κ2) is 6.49. The van der Waals surface area contributed by atoms with Crippen LogP contribution in [-0.4, -0.2) is 45.4 Å². The molecule has 0 N–H and O–H groups in total. The Bertz CT molecular complexity index is 563. The molecule has 1 fully saturated rings. The van der Waals surface area contributed by atoms with Crippen molar-refractivity contribution in [3.05, 3.63) is 35.2 Å². The summed E-state index contributed by atoms with van der Waals surface area (Å²) in [5.74, 6) is 1.03. The average Bonchev–Trinajstić information content (AvgIpc) is 3.00. The van der Waals surface area contributed by atoms with E-state index in [9.17, 15) is 0 Å². The third-order valence-corrected chi connectivity index (χ3v) is 4.78. The van der Waals surface area contributed by atoms with Gasteiger partial charge in [-0.1, -0.05) is 0 Å². The minimum Gasteiger partial charge on any atom is -0.356 e. The molecule has 1 saturated heterocycles. The fourth-order valence-electron chi connectivity index (χ4n) is 2.85. The van der Waals surface area contributed by atoms with E-state index in [-0.39, 0.29) is 0 Å². The summed E-state index contributed by atoms with van der Waals surface area (Å²) in [6, 6.07) is 2.62. The van der Waals surface area contributed by atoms with Crippen molar-refractivity contribution in [3.8, 4) is 0 Å². The van der Waals surface area contributed by atoms with Gasteiger partial charge in [0.1, 0.15) is 12.1 Å². The summed E-state index contributed by atoms with van der Waals surface area (Å²) in [7, 11) is 2.14. The molecular weight excluding hydrogens is 282 g/mol. The number of hydrogen-bond donors (Lipinski definition) is 0. The zero-order valence-electron chi connectivity index (χ0n) is 12.6. The van der Waals surface area contributed by atoms with E-state index < -0.39 is 0 Å². The summed E-state index contributed by atoms with van der Waals surface area (Å²) in [5, 5.41) is 2.14. The van der Waals surface area contributed by atoms with Crippen molar-refractivity contribution in [3.63, 3.8) is 0 Å². The maximum Gasteiger partial charge on any atom is 0.132 e. The minimum absolute atomic E-state index is 0.566. The van der Waals surface area contributed by atoms with Gasteiger partial charge in [-0.05, 0) is 36.9 Å². The highest BCUT2D eigenvalue weighted by molar-refractivity contribution is 7.03. The fourth-order valence-corrected chi connectivity index (χ4v) is 3.38. The predicted octanol–water partition coefficient (Wildman–Crippen LogP) is 2.34. The van der Waals surface area contributed by atoms with Crippen LogP contribution < -0.4 is 4.90 Å². The van der Waals surface area contributed by atoms with Gasteiger partial charge in [0.05, 0.1) is 0 Å². The Morgan fingerprint density at radius 2 is 2.14 bits per heavy atom.